The molecule has 0 spiro atoms. The summed E-state index contributed by atoms with van der Waals surface area (Å²) in [6, 6.07) is 11.4. The Morgan fingerprint density at radius 1 is 1.06 bits per heavy atom. The number of aryl methyl sites for hydroxylation is 2. The monoisotopic (exact) mass is 210 g/mol. The average molecular weight is 210 g/mol. The Morgan fingerprint density at radius 3 is 2.50 bits per heavy atom. The highest BCUT2D eigenvalue weighted by molar-refractivity contribution is 5.89. The minimum absolute atomic E-state index is 0.810. The third-order valence-corrected chi connectivity index (χ3v) is 3.89. The van der Waals surface area contributed by atoms with Crippen molar-refractivity contribution in [3.63, 3.8) is 0 Å². The van der Waals surface area contributed by atoms with Gasteiger partial charge in [-0.15, -0.1) is 0 Å². The third kappa shape index (κ3) is 1.44. The lowest BCUT2D eigenvalue weighted by Gasteiger charge is -2.09. The van der Waals surface area contributed by atoms with Crippen molar-refractivity contribution in [2.45, 2.75) is 33.1 Å². The summed E-state index contributed by atoms with van der Waals surface area (Å²) in [7, 11) is 0. The smallest absolute Gasteiger partial charge is 0.0127 e. The van der Waals surface area contributed by atoms with Gasteiger partial charge in [0.2, 0.25) is 0 Å². The molecule has 2 atom stereocenters. The van der Waals surface area contributed by atoms with E-state index in [9.17, 15) is 0 Å². The number of hydrogen-bond acceptors (Lipinski definition) is 0. The molecule has 3 rings (SSSR count). The van der Waals surface area contributed by atoms with Gasteiger partial charge >= 0.3 is 0 Å². The first-order chi connectivity index (χ1) is 7.66. The van der Waals surface area contributed by atoms with Crippen LogP contribution >= 0.6 is 0 Å². The van der Waals surface area contributed by atoms with Crippen LogP contribution in [0.2, 0.25) is 0 Å². The van der Waals surface area contributed by atoms with Crippen LogP contribution in [-0.2, 0) is 0 Å². The summed E-state index contributed by atoms with van der Waals surface area (Å²) in [6.45, 7) is 6.77. The highest BCUT2D eigenvalue weighted by Gasteiger charge is 2.34. The van der Waals surface area contributed by atoms with E-state index in [1.165, 1.54) is 28.3 Å². The fourth-order valence-corrected chi connectivity index (χ4v) is 2.86. The zero-order valence-electron chi connectivity index (χ0n) is 10.2. The molecule has 0 aliphatic heterocycles. The van der Waals surface area contributed by atoms with Crippen LogP contribution in [0.15, 0.2) is 30.3 Å². The Bertz CT molecular complexity index is 551. The largest absolute Gasteiger partial charge is 0.0619 e. The van der Waals surface area contributed by atoms with Crippen LogP contribution < -0.4 is 0 Å². The normalized spacial score (nSPS) is 23.7. The fourth-order valence-electron chi connectivity index (χ4n) is 2.86. The van der Waals surface area contributed by atoms with Gasteiger partial charge in [-0.25, -0.2) is 0 Å². The number of benzene rings is 2. The maximum Gasteiger partial charge on any atom is -0.0127 e. The summed E-state index contributed by atoms with van der Waals surface area (Å²) in [5.74, 6) is 1.69. The molecule has 0 bridgehead atoms. The Morgan fingerprint density at radius 2 is 1.81 bits per heavy atom. The van der Waals surface area contributed by atoms with E-state index in [0.717, 1.165) is 11.8 Å². The van der Waals surface area contributed by atoms with Crippen molar-refractivity contribution in [3.05, 3.63) is 47.0 Å². The Labute approximate surface area is 97.3 Å². The van der Waals surface area contributed by atoms with Crippen molar-refractivity contribution in [3.8, 4) is 0 Å². The topological polar surface area (TPSA) is 0 Å². The Kier molecular flexibility index (Phi) is 2.07. The van der Waals surface area contributed by atoms with Crippen LogP contribution in [-0.4, -0.2) is 0 Å². The number of fused-ring (bicyclic) bond motifs is 1. The standard InChI is InChI=1S/C16H18/c1-10-7-11(2)13-5-4-6-14(16(13)8-10)15-9-12(15)3/h4-8,12,15H,9H2,1-3H3/t12-,15+/m1/s1. The Hall–Kier alpha value is -1.30. The van der Waals surface area contributed by atoms with Crippen molar-refractivity contribution in [2.24, 2.45) is 5.92 Å². The van der Waals surface area contributed by atoms with Gasteiger partial charge in [0.15, 0.2) is 0 Å². The van der Waals surface area contributed by atoms with Gasteiger partial charge in [-0.2, -0.15) is 0 Å². The van der Waals surface area contributed by atoms with Gasteiger partial charge in [-0.3, -0.25) is 0 Å². The molecule has 0 aromatic heterocycles. The second-order valence-corrected chi connectivity index (χ2v) is 5.34. The van der Waals surface area contributed by atoms with Crippen LogP contribution in [0.5, 0.6) is 0 Å². The summed E-state index contributed by atoms with van der Waals surface area (Å²) in [6.07, 6.45) is 1.37. The van der Waals surface area contributed by atoms with Gasteiger partial charge in [0.1, 0.15) is 0 Å². The summed E-state index contributed by atoms with van der Waals surface area (Å²) in [5, 5.41) is 2.91. The van der Waals surface area contributed by atoms with Crippen molar-refractivity contribution >= 4 is 10.8 Å². The lowest BCUT2D eigenvalue weighted by Crippen LogP contribution is -1.88. The molecule has 0 radical (unpaired) electrons. The van der Waals surface area contributed by atoms with Crippen LogP contribution in [0.25, 0.3) is 10.8 Å². The maximum absolute atomic E-state index is 2.35. The minimum Gasteiger partial charge on any atom is -0.0619 e. The molecule has 1 fully saturated rings. The lowest BCUT2D eigenvalue weighted by atomic mass is 9.95. The summed E-state index contributed by atoms with van der Waals surface area (Å²) in [4.78, 5) is 0. The molecule has 1 saturated carbocycles. The lowest BCUT2D eigenvalue weighted by molar-refractivity contribution is 0.919. The second kappa shape index (κ2) is 3.35. The predicted molar refractivity (Wildman–Crippen MR) is 69.9 cm³/mol. The van der Waals surface area contributed by atoms with Crippen LogP contribution in [0.4, 0.5) is 0 Å². The van der Waals surface area contributed by atoms with Crippen molar-refractivity contribution < 1.29 is 0 Å². The van der Waals surface area contributed by atoms with E-state index in [0.29, 0.717) is 0 Å². The molecule has 2 aromatic rings. The second-order valence-electron chi connectivity index (χ2n) is 5.34. The molecule has 0 heteroatoms. The molecule has 1 aliphatic rings. The first-order valence-electron chi connectivity index (χ1n) is 6.16. The van der Waals surface area contributed by atoms with Gasteiger partial charge < -0.3 is 0 Å². The van der Waals surface area contributed by atoms with E-state index in [4.69, 9.17) is 0 Å². The van der Waals surface area contributed by atoms with E-state index in [1.807, 2.05) is 0 Å². The summed E-state index contributed by atoms with van der Waals surface area (Å²) < 4.78 is 0. The predicted octanol–water partition coefficient (Wildman–Crippen LogP) is 4.58. The molecular formula is C16H18. The number of hydrogen-bond donors (Lipinski definition) is 0. The van der Waals surface area contributed by atoms with Crippen molar-refractivity contribution in [2.75, 3.05) is 0 Å². The molecule has 1 aliphatic carbocycles. The Balaban J connectivity index is 2.29. The first-order valence-corrected chi connectivity index (χ1v) is 6.16. The molecular weight excluding hydrogens is 192 g/mol. The van der Waals surface area contributed by atoms with Gasteiger partial charge in [0.05, 0.1) is 0 Å². The first kappa shape index (κ1) is 9.89. The summed E-state index contributed by atoms with van der Waals surface area (Å²) >= 11 is 0. The van der Waals surface area contributed by atoms with E-state index < -0.39 is 0 Å². The molecule has 0 amide bonds. The van der Waals surface area contributed by atoms with E-state index in [1.54, 1.807) is 5.56 Å². The molecule has 2 aromatic carbocycles. The maximum atomic E-state index is 2.35. The van der Waals surface area contributed by atoms with Crippen LogP contribution in [0.1, 0.15) is 36.0 Å². The molecule has 0 nitrogen and oxygen atoms in total. The quantitative estimate of drug-likeness (QED) is 0.646. The molecule has 0 unspecified atom stereocenters. The molecule has 0 heterocycles. The molecule has 82 valence electrons. The zero-order valence-corrected chi connectivity index (χ0v) is 10.2. The van der Waals surface area contributed by atoms with Crippen LogP contribution in [0.3, 0.4) is 0 Å². The molecule has 0 N–H and O–H groups in total. The van der Waals surface area contributed by atoms with Crippen molar-refractivity contribution in [1.29, 1.82) is 0 Å². The van der Waals surface area contributed by atoms with Gasteiger partial charge in [-0.05, 0) is 54.0 Å². The summed E-state index contributed by atoms with van der Waals surface area (Å²) in [5.41, 5.74) is 4.35. The highest BCUT2D eigenvalue weighted by Crippen LogP contribution is 2.49. The van der Waals surface area contributed by atoms with Crippen LogP contribution in [0, 0.1) is 19.8 Å². The van der Waals surface area contributed by atoms with Gasteiger partial charge in [0, 0.05) is 0 Å². The molecule has 16 heavy (non-hydrogen) atoms. The van der Waals surface area contributed by atoms with E-state index in [2.05, 4.69) is 51.1 Å². The fraction of sp³-hybridized carbons (Fsp3) is 0.375. The SMILES string of the molecule is Cc1cc(C)c2cccc([C@H]3C[C@H]3C)c2c1. The average Bonchev–Trinajstić information content (AvgIpc) is 2.94. The van der Waals surface area contributed by atoms with E-state index in [-0.39, 0.29) is 0 Å². The third-order valence-electron chi connectivity index (χ3n) is 3.89. The number of rotatable bonds is 1. The highest BCUT2D eigenvalue weighted by atomic mass is 14.4. The molecule has 0 saturated heterocycles. The van der Waals surface area contributed by atoms with E-state index >= 15 is 0 Å². The minimum atomic E-state index is 0.810. The van der Waals surface area contributed by atoms with Crippen molar-refractivity contribution in [1.82, 2.24) is 0 Å². The van der Waals surface area contributed by atoms with Gasteiger partial charge in [0.25, 0.3) is 0 Å². The van der Waals surface area contributed by atoms with Gasteiger partial charge in [-0.1, -0.05) is 42.8 Å². The zero-order chi connectivity index (χ0) is 11.3.